The Morgan fingerprint density at radius 2 is 2.38 bits per heavy atom. The zero-order chi connectivity index (χ0) is 15.4. The number of carbonyl (C=O) groups excluding carboxylic acids is 1. The first-order valence-electron chi connectivity index (χ1n) is 7.14. The number of rotatable bonds is 4. The van der Waals surface area contributed by atoms with Crippen molar-refractivity contribution in [2.75, 3.05) is 31.2 Å². The van der Waals surface area contributed by atoms with E-state index in [2.05, 4.69) is 5.32 Å². The van der Waals surface area contributed by atoms with Crippen molar-refractivity contribution in [3.8, 4) is 0 Å². The largest absolute Gasteiger partial charge is 0.389 e. The molecule has 2 N–H and O–H groups in total. The Kier molecular flexibility index (Phi) is 5.14. The maximum Gasteiger partial charge on any atom is 0.245 e. The monoisotopic (exact) mass is 296 g/mol. The number of nitrogens with zero attached hydrogens (tertiary/aromatic N) is 1. The van der Waals surface area contributed by atoms with E-state index in [0.29, 0.717) is 25.4 Å². The van der Waals surface area contributed by atoms with Crippen molar-refractivity contribution in [1.29, 1.82) is 0 Å². The highest BCUT2D eigenvalue weighted by atomic mass is 19.1. The van der Waals surface area contributed by atoms with Crippen LogP contribution in [-0.4, -0.2) is 43.4 Å². The molecule has 0 bridgehead atoms. The van der Waals surface area contributed by atoms with Gasteiger partial charge in [0.2, 0.25) is 5.91 Å². The van der Waals surface area contributed by atoms with Crippen LogP contribution < -0.4 is 10.2 Å². The third-order valence-corrected chi connectivity index (χ3v) is 3.54. The number of aliphatic hydroxyl groups is 1. The van der Waals surface area contributed by atoms with Crippen LogP contribution in [0.25, 0.3) is 0 Å². The van der Waals surface area contributed by atoms with Crippen LogP contribution in [0.3, 0.4) is 0 Å². The summed E-state index contributed by atoms with van der Waals surface area (Å²) >= 11 is 0. The van der Waals surface area contributed by atoms with E-state index in [9.17, 15) is 14.3 Å². The number of likely N-dealkylation sites (N-methyl/N-ethyl adjacent to an activating group) is 1. The number of amides is 1. The van der Waals surface area contributed by atoms with Gasteiger partial charge in [0.1, 0.15) is 11.9 Å². The van der Waals surface area contributed by atoms with Crippen molar-refractivity contribution in [1.82, 2.24) is 5.32 Å². The Morgan fingerprint density at radius 3 is 3.05 bits per heavy atom. The first-order valence-corrected chi connectivity index (χ1v) is 7.14. The molecule has 0 spiro atoms. The number of benzene rings is 1. The highest BCUT2D eigenvalue weighted by Gasteiger charge is 2.31. The highest BCUT2D eigenvalue weighted by Crippen LogP contribution is 2.31. The predicted octanol–water partition coefficient (Wildman–Crippen LogP) is 1.22. The van der Waals surface area contributed by atoms with Gasteiger partial charge in [0.05, 0.1) is 19.3 Å². The SMILES string of the molecule is CCNC(=O)C1COCCN1c1cccc(F)c1[C@@H](C)O. The van der Waals surface area contributed by atoms with E-state index in [1.165, 1.54) is 13.0 Å². The Labute approximate surface area is 123 Å². The zero-order valence-electron chi connectivity index (χ0n) is 12.3. The molecule has 0 aromatic heterocycles. The number of aliphatic hydroxyl groups excluding tert-OH is 1. The molecule has 2 atom stereocenters. The van der Waals surface area contributed by atoms with E-state index in [1.807, 2.05) is 6.92 Å². The normalized spacial score (nSPS) is 20.2. The smallest absolute Gasteiger partial charge is 0.245 e. The van der Waals surface area contributed by atoms with Gasteiger partial charge in [-0.3, -0.25) is 4.79 Å². The fourth-order valence-corrected chi connectivity index (χ4v) is 2.59. The van der Waals surface area contributed by atoms with E-state index >= 15 is 0 Å². The number of hydrogen-bond acceptors (Lipinski definition) is 4. The maximum absolute atomic E-state index is 14.0. The first-order chi connectivity index (χ1) is 10.1. The zero-order valence-corrected chi connectivity index (χ0v) is 12.3. The number of carbonyl (C=O) groups is 1. The van der Waals surface area contributed by atoms with Gasteiger partial charge in [0.25, 0.3) is 0 Å². The Hall–Kier alpha value is -1.66. The molecule has 5 nitrogen and oxygen atoms in total. The molecular formula is C15H21FN2O3. The van der Waals surface area contributed by atoms with Gasteiger partial charge < -0.3 is 20.1 Å². The van der Waals surface area contributed by atoms with Crippen LogP contribution in [0.15, 0.2) is 18.2 Å². The minimum absolute atomic E-state index is 0.155. The van der Waals surface area contributed by atoms with Crippen LogP contribution in [0.4, 0.5) is 10.1 Å². The summed E-state index contributed by atoms with van der Waals surface area (Å²) in [6.45, 7) is 5.08. The Balaban J connectivity index is 2.38. The van der Waals surface area contributed by atoms with Crippen molar-refractivity contribution in [2.24, 2.45) is 0 Å². The lowest BCUT2D eigenvalue weighted by Crippen LogP contribution is -2.54. The summed E-state index contributed by atoms with van der Waals surface area (Å²) in [5, 5.41) is 12.6. The first kappa shape index (κ1) is 15.7. The molecule has 1 saturated heterocycles. The topological polar surface area (TPSA) is 61.8 Å². The van der Waals surface area contributed by atoms with Crippen molar-refractivity contribution in [3.05, 3.63) is 29.6 Å². The molecular weight excluding hydrogens is 275 g/mol. The van der Waals surface area contributed by atoms with Crippen molar-refractivity contribution in [3.63, 3.8) is 0 Å². The minimum Gasteiger partial charge on any atom is -0.389 e. The van der Waals surface area contributed by atoms with Crippen molar-refractivity contribution >= 4 is 11.6 Å². The molecule has 0 saturated carbocycles. The molecule has 1 aliphatic heterocycles. The second-order valence-corrected chi connectivity index (χ2v) is 5.03. The highest BCUT2D eigenvalue weighted by molar-refractivity contribution is 5.86. The van der Waals surface area contributed by atoms with Gasteiger partial charge in [-0.2, -0.15) is 0 Å². The summed E-state index contributed by atoms with van der Waals surface area (Å²) in [6, 6.07) is 4.11. The van der Waals surface area contributed by atoms with Crippen LogP contribution in [-0.2, 0) is 9.53 Å². The molecule has 116 valence electrons. The van der Waals surface area contributed by atoms with E-state index in [4.69, 9.17) is 4.74 Å². The maximum atomic E-state index is 14.0. The molecule has 1 aliphatic rings. The fourth-order valence-electron chi connectivity index (χ4n) is 2.59. The summed E-state index contributed by atoms with van der Waals surface area (Å²) < 4.78 is 19.4. The Morgan fingerprint density at radius 1 is 1.62 bits per heavy atom. The number of ether oxygens (including phenoxy) is 1. The third-order valence-electron chi connectivity index (χ3n) is 3.54. The third kappa shape index (κ3) is 3.33. The van der Waals surface area contributed by atoms with Crippen LogP contribution in [0.2, 0.25) is 0 Å². The number of anilines is 1. The lowest BCUT2D eigenvalue weighted by molar-refractivity contribution is -0.124. The number of nitrogens with one attached hydrogen (secondary N) is 1. The average molecular weight is 296 g/mol. The van der Waals surface area contributed by atoms with Gasteiger partial charge in [0, 0.05) is 24.3 Å². The van der Waals surface area contributed by atoms with Crippen molar-refractivity contribution < 1.29 is 19.0 Å². The summed E-state index contributed by atoms with van der Waals surface area (Å²) in [7, 11) is 0. The number of morpholine rings is 1. The molecule has 1 aromatic rings. The lowest BCUT2D eigenvalue weighted by atomic mass is 10.0. The van der Waals surface area contributed by atoms with Gasteiger partial charge in [0.15, 0.2) is 0 Å². The summed E-state index contributed by atoms with van der Waals surface area (Å²) in [6.07, 6.45) is -0.945. The fraction of sp³-hybridized carbons (Fsp3) is 0.533. The molecule has 0 radical (unpaired) electrons. The van der Waals surface area contributed by atoms with Gasteiger partial charge in [-0.15, -0.1) is 0 Å². The van der Waals surface area contributed by atoms with Crippen LogP contribution in [0.1, 0.15) is 25.5 Å². The van der Waals surface area contributed by atoms with E-state index < -0.39 is 18.0 Å². The number of hydrogen-bond donors (Lipinski definition) is 2. The van der Waals surface area contributed by atoms with Gasteiger partial charge in [-0.05, 0) is 26.0 Å². The standard InChI is InChI=1S/C15H21FN2O3/c1-3-17-15(20)13-9-21-8-7-18(13)12-6-4-5-11(16)14(12)10(2)19/h4-6,10,13,19H,3,7-9H2,1-2H3,(H,17,20)/t10-,13?/m1/s1. The van der Waals surface area contributed by atoms with Crippen LogP contribution in [0, 0.1) is 5.82 Å². The molecule has 1 fully saturated rings. The van der Waals surface area contributed by atoms with Crippen molar-refractivity contribution in [2.45, 2.75) is 26.0 Å². The molecule has 1 aromatic carbocycles. The van der Waals surface area contributed by atoms with Gasteiger partial charge in [-0.1, -0.05) is 6.07 Å². The molecule has 6 heteroatoms. The molecule has 1 heterocycles. The molecule has 2 rings (SSSR count). The average Bonchev–Trinajstić information content (AvgIpc) is 2.47. The summed E-state index contributed by atoms with van der Waals surface area (Å²) in [5.74, 6) is -0.623. The van der Waals surface area contributed by atoms with E-state index in [-0.39, 0.29) is 18.1 Å². The molecule has 0 aliphatic carbocycles. The van der Waals surface area contributed by atoms with Gasteiger partial charge in [-0.25, -0.2) is 4.39 Å². The predicted molar refractivity (Wildman–Crippen MR) is 77.7 cm³/mol. The second kappa shape index (κ2) is 6.87. The van der Waals surface area contributed by atoms with E-state index in [1.54, 1.807) is 17.0 Å². The Bertz CT molecular complexity index is 508. The second-order valence-electron chi connectivity index (χ2n) is 5.03. The minimum atomic E-state index is -0.945. The quantitative estimate of drug-likeness (QED) is 0.877. The lowest BCUT2D eigenvalue weighted by Gasteiger charge is -2.37. The summed E-state index contributed by atoms with van der Waals surface area (Å²) in [5.41, 5.74) is 0.762. The van der Waals surface area contributed by atoms with E-state index in [0.717, 1.165) is 0 Å². The van der Waals surface area contributed by atoms with Gasteiger partial charge >= 0.3 is 0 Å². The van der Waals surface area contributed by atoms with Crippen LogP contribution >= 0.6 is 0 Å². The molecule has 21 heavy (non-hydrogen) atoms. The summed E-state index contributed by atoms with van der Waals surface area (Å²) in [4.78, 5) is 14.0. The van der Waals surface area contributed by atoms with Crippen LogP contribution in [0.5, 0.6) is 0 Å². The number of halogens is 1. The molecule has 1 amide bonds. The molecule has 1 unspecified atom stereocenters.